The van der Waals surface area contributed by atoms with Crippen molar-refractivity contribution >= 4 is 77.2 Å². The Labute approximate surface area is 413 Å². The van der Waals surface area contributed by atoms with Gasteiger partial charge in [0.25, 0.3) is 0 Å². The summed E-state index contributed by atoms with van der Waals surface area (Å²) < 4.78 is 7.29. The molecule has 7 aromatic carbocycles. The van der Waals surface area contributed by atoms with Gasteiger partial charge in [-0.1, -0.05) is 176 Å². The molecule has 4 atom stereocenters. The highest BCUT2D eigenvalue weighted by Crippen LogP contribution is 2.59. The van der Waals surface area contributed by atoms with Crippen LogP contribution < -0.4 is 0 Å². The third-order valence-corrected chi connectivity index (χ3v) is 17.9. The Kier molecular flexibility index (Phi) is 9.08. The molecule has 1 fully saturated rings. The summed E-state index contributed by atoms with van der Waals surface area (Å²) in [5.74, 6) is 2.73. The van der Waals surface area contributed by atoms with Crippen molar-refractivity contribution in [2.45, 2.75) is 23.3 Å². The van der Waals surface area contributed by atoms with Gasteiger partial charge in [0, 0.05) is 70.1 Å². The van der Waals surface area contributed by atoms with Crippen molar-refractivity contribution in [2.24, 2.45) is 11.8 Å². The van der Waals surface area contributed by atoms with E-state index < -0.39 is 0 Å². The van der Waals surface area contributed by atoms with E-state index >= 15 is 0 Å². The lowest BCUT2D eigenvalue weighted by Crippen LogP contribution is -2.18. The molecule has 3 aliphatic carbocycles. The van der Waals surface area contributed by atoms with Gasteiger partial charge in [-0.05, 0) is 88.2 Å². The van der Waals surface area contributed by atoms with Crippen LogP contribution >= 0.6 is 23.1 Å². The van der Waals surface area contributed by atoms with Gasteiger partial charge >= 0.3 is 0 Å². The van der Waals surface area contributed by atoms with Gasteiger partial charge < -0.3 is 0 Å². The number of fused-ring (bicyclic) bond motifs is 14. The molecule has 0 amide bonds. The molecule has 4 aromatic heterocycles. The van der Waals surface area contributed by atoms with Gasteiger partial charge in [-0.2, -0.15) is 15.0 Å². The van der Waals surface area contributed by atoms with Gasteiger partial charge in [-0.3, -0.25) is 9.13 Å². The van der Waals surface area contributed by atoms with Crippen molar-refractivity contribution in [3.63, 3.8) is 0 Å². The van der Waals surface area contributed by atoms with E-state index in [9.17, 15) is 0 Å². The van der Waals surface area contributed by atoms with Crippen LogP contribution in [0.5, 0.6) is 0 Å². The Morgan fingerprint density at radius 3 is 1.97 bits per heavy atom. The lowest BCUT2D eigenvalue weighted by atomic mass is 9.80. The molecule has 4 aliphatic rings. The van der Waals surface area contributed by atoms with Crippen molar-refractivity contribution in [1.82, 2.24) is 24.1 Å². The molecule has 4 unspecified atom stereocenters. The summed E-state index contributed by atoms with van der Waals surface area (Å²) in [6.45, 7) is 0. The molecule has 5 nitrogen and oxygen atoms in total. The van der Waals surface area contributed by atoms with Crippen LogP contribution in [-0.4, -0.2) is 29.3 Å². The normalized spacial score (nSPS) is 18.7. The smallest absolute Gasteiger partial charge is 0.240 e. The summed E-state index contributed by atoms with van der Waals surface area (Å²) in [5.41, 5.74) is 15.0. The van der Waals surface area contributed by atoms with Crippen LogP contribution in [0.15, 0.2) is 200 Å². The third kappa shape index (κ3) is 6.08. The van der Waals surface area contributed by atoms with Crippen molar-refractivity contribution in [1.29, 1.82) is 0 Å². The largest absolute Gasteiger partial charge is 0.281 e. The number of thiophene rings is 1. The van der Waals surface area contributed by atoms with Gasteiger partial charge in [0.15, 0.2) is 5.82 Å². The first-order valence-corrected chi connectivity index (χ1v) is 26.1. The lowest BCUT2D eigenvalue weighted by molar-refractivity contribution is 0.506. The second kappa shape index (κ2) is 15.9. The Morgan fingerprint density at radius 2 is 1.20 bits per heavy atom. The van der Waals surface area contributed by atoms with Gasteiger partial charge in [0.05, 0.1) is 16.7 Å². The highest BCUT2D eigenvalue weighted by atomic mass is 32.2. The summed E-state index contributed by atoms with van der Waals surface area (Å²) in [6, 6.07) is 59.3. The van der Waals surface area contributed by atoms with Crippen LogP contribution in [0.25, 0.3) is 111 Å². The van der Waals surface area contributed by atoms with E-state index in [0.29, 0.717) is 40.1 Å². The molecular formula is C63H43N5S2. The predicted octanol–water partition coefficient (Wildman–Crippen LogP) is 16.3. The first-order chi connectivity index (χ1) is 34.7. The Morgan fingerprint density at radius 1 is 0.529 bits per heavy atom. The molecule has 70 heavy (non-hydrogen) atoms. The molecule has 0 N–H and O–H groups in total. The number of hydrogen-bond acceptors (Lipinski definition) is 5. The Bertz CT molecular complexity index is 4000. The topological polar surface area (TPSA) is 48.5 Å². The predicted molar refractivity (Wildman–Crippen MR) is 294 cm³/mol. The highest BCUT2D eigenvalue weighted by Gasteiger charge is 2.45. The minimum atomic E-state index is 0.303. The number of hydrogen-bond donors (Lipinski definition) is 0. The molecule has 332 valence electrons. The summed E-state index contributed by atoms with van der Waals surface area (Å²) in [5, 5.41) is 5.85. The molecule has 15 rings (SSSR count). The minimum Gasteiger partial charge on any atom is -0.281 e. The van der Waals surface area contributed by atoms with Crippen LogP contribution in [0.3, 0.4) is 0 Å². The zero-order valence-electron chi connectivity index (χ0n) is 38.0. The second-order valence-corrected chi connectivity index (χ2v) is 21.2. The zero-order valence-corrected chi connectivity index (χ0v) is 39.6. The van der Waals surface area contributed by atoms with Gasteiger partial charge in [-0.25, -0.2) is 0 Å². The van der Waals surface area contributed by atoms with E-state index in [-0.39, 0.29) is 0 Å². The number of nitrogens with zero attached hydrogens (tertiary/aromatic N) is 5. The molecule has 7 heteroatoms. The summed E-state index contributed by atoms with van der Waals surface area (Å²) >= 11 is 3.98. The molecule has 0 spiro atoms. The van der Waals surface area contributed by atoms with Crippen molar-refractivity contribution in [2.75, 3.05) is 0 Å². The quantitative estimate of drug-likeness (QED) is 0.167. The van der Waals surface area contributed by atoms with Crippen molar-refractivity contribution in [3.8, 4) is 56.7 Å². The SMILES string of the molecule is C1=CC2SC3c4c(n(-c5nc(-c6cc(-c7ccccc7)c(-c7ccccc7)c(-c7ccccc7)c6)nc(-n6c7c(c8c9sc%10ccccc%10c9ccc86)C=CCC7)n5)c5ccccc45)C=CC3C2C=C1. The van der Waals surface area contributed by atoms with Crippen molar-refractivity contribution in [3.05, 3.63) is 223 Å². The van der Waals surface area contributed by atoms with Crippen LogP contribution in [0.4, 0.5) is 0 Å². The average molecular weight is 934 g/mol. The monoisotopic (exact) mass is 933 g/mol. The summed E-state index contributed by atoms with van der Waals surface area (Å²) in [4.78, 5) is 17.0. The maximum atomic E-state index is 5.69. The third-order valence-electron chi connectivity index (χ3n) is 15.0. The molecule has 0 saturated carbocycles. The van der Waals surface area contributed by atoms with E-state index in [0.717, 1.165) is 62.9 Å². The standard InChI is InChI=1S/C63H43N5S2/c1-4-18-38(19-5-1)48-36-41(37-49(39-20-6-2-7-21-39)56(48)40-22-8-3-9-23-40)61-64-62(67-50-28-14-10-26-46(50)57-52(67)34-32-44-42-24-12-16-30-54(42)69-59(44)57)66-63(65-61)68-51-29-15-11-27-47(51)58-53(68)35-33-45-43-25-13-17-31-55(43)70-60(45)58/h1-14,16-28,30-37,42,44,54,59H,15,29H2. The van der Waals surface area contributed by atoms with Crippen LogP contribution in [0.1, 0.15) is 34.2 Å². The van der Waals surface area contributed by atoms with E-state index in [2.05, 4.69) is 233 Å². The molecule has 1 aliphatic heterocycles. The molecule has 5 heterocycles. The minimum absolute atomic E-state index is 0.303. The summed E-state index contributed by atoms with van der Waals surface area (Å²) in [7, 11) is 0. The highest BCUT2D eigenvalue weighted by molar-refractivity contribution is 8.00. The number of aromatic nitrogens is 5. The van der Waals surface area contributed by atoms with Gasteiger partial charge in [0.1, 0.15) is 0 Å². The fraction of sp³-hybridized carbons (Fsp3) is 0.0952. The number of benzene rings is 7. The average Bonchev–Trinajstić information content (AvgIpc) is 4.19. The van der Waals surface area contributed by atoms with Crippen LogP contribution in [-0.2, 0) is 6.42 Å². The van der Waals surface area contributed by atoms with Gasteiger partial charge in [0.2, 0.25) is 11.9 Å². The van der Waals surface area contributed by atoms with Crippen molar-refractivity contribution < 1.29 is 0 Å². The Hall–Kier alpha value is -7.84. The summed E-state index contributed by atoms with van der Waals surface area (Å²) in [6.07, 6.45) is 20.6. The van der Waals surface area contributed by atoms with E-state index in [1.165, 1.54) is 53.3 Å². The number of rotatable bonds is 6. The van der Waals surface area contributed by atoms with E-state index in [4.69, 9.17) is 15.0 Å². The first kappa shape index (κ1) is 40.1. The fourth-order valence-corrected chi connectivity index (χ4v) is 15.0. The van der Waals surface area contributed by atoms with Gasteiger partial charge in [-0.15, -0.1) is 23.1 Å². The Balaban J connectivity index is 1.04. The van der Waals surface area contributed by atoms with Crippen LogP contribution in [0.2, 0.25) is 0 Å². The molecule has 11 aromatic rings. The maximum Gasteiger partial charge on any atom is 0.240 e. The lowest BCUT2D eigenvalue weighted by Gasteiger charge is -2.24. The molecular weight excluding hydrogens is 891 g/mol. The number of thioether (sulfide) groups is 1. The number of allylic oxidation sites excluding steroid dienone is 5. The maximum absolute atomic E-state index is 5.69. The number of para-hydroxylation sites is 1. The fourth-order valence-electron chi connectivity index (χ4n) is 12.0. The molecule has 0 bridgehead atoms. The zero-order chi connectivity index (χ0) is 45.9. The van der Waals surface area contributed by atoms with Crippen LogP contribution in [0, 0.1) is 11.8 Å². The molecule has 0 radical (unpaired) electrons. The molecule has 1 saturated heterocycles. The first-order valence-electron chi connectivity index (χ1n) is 24.3. The second-order valence-electron chi connectivity index (χ2n) is 18.8. The van der Waals surface area contributed by atoms with E-state index in [1.807, 2.05) is 11.3 Å². The van der Waals surface area contributed by atoms with E-state index in [1.54, 1.807) is 0 Å².